The zero-order chi connectivity index (χ0) is 13.9. The highest BCUT2D eigenvalue weighted by Crippen LogP contribution is 2.51. The van der Waals surface area contributed by atoms with Crippen LogP contribution in [0, 0.1) is 17.3 Å². The minimum absolute atomic E-state index is 0.609. The molecular weight excluding hydrogens is 230 g/mol. The molecule has 1 atom stereocenters. The van der Waals surface area contributed by atoms with Crippen LogP contribution in [0.3, 0.4) is 0 Å². The van der Waals surface area contributed by atoms with Crippen molar-refractivity contribution in [1.29, 1.82) is 0 Å². The standard InChI is InChI=1S/C18H29N/c1-14(2)17(16-8-6-5-7-9-16)12-19-13-18(10-11-18)15(3)4/h5-9,14-15,17,19H,10-13H2,1-4H3. The molecule has 106 valence electrons. The topological polar surface area (TPSA) is 12.0 Å². The Hall–Kier alpha value is -0.820. The van der Waals surface area contributed by atoms with Crippen molar-refractivity contribution in [2.24, 2.45) is 17.3 Å². The maximum absolute atomic E-state index is 3.75. The molecule has 1 aliphatic carbocycles. The van der Waals surface area contributed by atoms with Crippen LogP contribution in [-0.4, -0.2) is 13.1 Å². The maximum atomic E-state index is 3.75. The first-order chi connectivity index (χ1) is 9.05. The molecule has 19 heavy (non-hydrogen) atoms. The molecular formula is C18H29N. The third kappa shape index (κ3) is 3.60. The molecule has 0 aromatic heterocycles. The molecule has 1 saturated carbocycles. The average Bonchev–Trinajstić information content (AvgIpc) is 3.16. The molecule has 2 rings (SSSR count). The summed E-state index contributed by atoms with van der Waals surface area (Å²) >= 11 is 0. The Morgan fingerprint density at radius 1 is 1.05 bits per heavy atom. The van der Waals surface area contributed by atoms with E-state index in [1.165, 1.54) is 24.9 Å². The summed E-state index contributed by atoms with van der Waals surface area (Å²) in [6.07, 6.45) is 2.82. The zero-order valence-corrected chi connectivity index (χ0v) is 12.9. The van der Waals surface area contributed by atoms with E-state index in [0.717, 1.165) is 12.5 Å². The van der Waals surface area contributed by atoms with Gasteiger partial charge in [-0.3, -0.25) is 0 Å². The molecule has 1 heteroatoms. The second-order valence-electron chi connectivity index (χ2n) is 6.91. The molecule has 0 spiro atoms. The van der Waals surface area contributed by atoms with E-state index in [4.69, 9.17) is 0 Å². The highest BCUT2D eigenvalue weighted by atomic mass is 14.9. The average molecular weight is 259 g/mol. The summed E-state index contributed by atoms with van der Waals surface area (Å²) in [7, 11) is 0. The molecule has 1 fully saturated rings. The van der Waals surface area contributed by atoms with Gasteiger partial charge < -0.3 is 5.32 Å². The second kappa shape index (κ2) is 6.09. The smallest absolute Gasteiger partial charge is 0.00228 e. The van der Waals surface area contributed by atoms with Gasteiger partial charge in [0, 0.05) is 13.1 Å². The lowest BCUT2D eigenvalue weighted by Gasteiger charge is -2.25. The monoisotopic (exact) mass is 259 g/mol. The lowest BCUT2D eigenvalue weighted by atomic mass is 9.87. The Bertz CT molecular complexity index is 376. The molecule has 0 aliphatic heterocycles. The van der Waals surface area contributed by atoms with E-state index in [1.54, 1.807) is 0 Å². The molecule has 0 radical (unpaired) electrons. The van der Waals surface area contributed by atoms with Crippen LogP contribution in [0.5, 0.6) is 0 Å². The molecule has 0 amide bonds. The van der Waals surface area contributed by atoms with Gasteiger partial charge in [0.15, 0.2) is 0 Å². The molecule has 1 nitrogen and oxygen atoms in total. The Morgan fingerprint density at radius 3 is 2.16 bits per heavy atom. The number of hydrogen-bond donors (Lipinski definition) is 1. The van der Waals surface area contributed by atoms with Gasteiger partial charge in [-0.25, -0.2) is 0 Å². The van der Waals surface area contributed by atoms with Crippen molar-refractivity contribution < 1.29 is 0 Å². The first-order valence-corrected chi connectivity index (χ1v) is 7.81. The fourth-order valence-electron chi connectivity index (χ4n) is 3.03. The molecule has 1 aliphatic rings. The Labute approximate surface area is 118 Å². The van der Waals surface area contributed by atoms with Crippen LogP contribution in [0.4, 0.5) is 0 Å². The first kappa shape index (κ1) is 14.6. The van der Waals surface area contributed by atoms with Gasteiger partial charge in [0.2, 0.25) is 0 Å². The van der Waals surface area contributed by atoms with Gasteiger partial charge in [-0.1, -0.05) is 58.0 Å². The fourth-order valence-corrected chi connectivity index (χ4v) is 3.03. The minimum atomic E-state index is 0.609. The van der Waals surface area contributed by atoms with Crippen LogP contribution in [0.15, 0.2) is 30.3 Å². The van der Waals surface area contributed by atoms with Crippen molar-refractivity contribution in [3.63, 3.8) is 0 Å². The summed E-state index contributed by atoms with van der Waals surface area (Å²) < 4.78 is 0. The van der Waals surface area contributed by atoms with E-state index < -0.39 is 0 Å². The predicted octanol–water partition coefficient (Wildman–Crippen LogP) is 4.45. The molecule has 1 aromatic carbocycles. The van der Waals surface area contributed by atoms with Crippen molar-refractivity contribution in [3.8, 4) is 0 Å². The number of rotatable bonds is 7. The van der Waals surface area contributed by atoms with Gasteiger partial charge in [0.05, 0.1) is 0 Å². The van der Waals surface area contributed by atoms with E-state index in [-0.39, 0.29) is 0 Å². The second-order valence-corrected chi connectivity index (χ2v) is 6.91. The normalized spacial score (nSPS) is 18.8. The molecule has 1 unspecified atom stereocenters. The summed E-state index contributed by atoms with van der Waals surface area (Å²) in [5.74, 6) is 2.13. The van der Waals surface area contributed by atoms with Crippen molar-refractivity contribution in [1.82, 2.24) is 5.32 Å². The third-order valence-corrected chi connectivity index (χ3v) is 4.99. The molecule has 1 aromatic rings. The quantitative estimate of drug-likeness (QED) is 0.762. The van der Waals surface area contributed by atoms with Gasteiger partial charge in [-0.15, -0.1) is 0 Å². The van der Waals surface area contributed by atoms with E-state index in [1.807, 2.05) is 0 Å². The number of benzene rings is 1. The summed E-state index contributed by atoms with van der Waals surface area (Å²) in [5, 5.41) is 3.75. The van der Waals surface area contributed by atoms with Gasteiger partial charge in [0.1, 0.15) is 0 Å². The van der Waals surface area contributed by atoms with Gasteiger partial charge in [-0.05, 0) is 41.6 Å². The van der Waals surface area contributed by atoms with Gasteiger partial charge in [-0.2, -0.15) is 0 Å². The van der Waals surface area contributed by atoms with Gasteiger partial charge >= 0.3 is 0 Å². The SMILES string of the molecule is CC(C)C(CNCC1(C(C)C)CC1)c1ccccc1. The van der Waals surface area contributed by atoms with Crippen molar-refractivity contribution in [2.75, 3.05) is 13.1 Å². The third-order valence-electron chi connectivity index (χ3n) is 4.99. The van der Waals surface area contributed by atoms with Crippen LogP contribution in [0.2, 0.25) is 0 Å². The first-order valence-electron chi connectivity index (χ1n) is 7.81. The Kier molecular flexibility index (Phi) is 4.67. The van der Waals surface area contributed by atoms with Crippen LogP contribution in [0.25, 0.3) is 0 Å². The summed E-state index contributed by atoms with van der Waals surface area (Å²) in [5.41, 5.74) is 2.08. The largest absolute Gasteiger partial charge is 0.316 e. The molecule has 0 saturated heterocycles. The van der Waals surface area contributed by atoms with Crippen LogP contribution in [0.1, 0.15) is 52.0 Å². The lowest BCUT2D eigenvalue weighted by Crippen LogP contribution is -2.32. The Morgan fingerprint density at radius 2 is 1.68 bits per heavy atom. The zero-order valence-electron chi connectivity index (χ0n) is 12.9. The van der Waals surface area contributed by atoms with Gasteiger partial charge in [0.25, 0.3) is 0 Å². The van der Waals surface area contributed by atoms with E-state index >= 15 is 0 Å². The van der Waals surface area contributed by atoms with Crippen LogP contribution in [-0.2, 0) is 0 Å². The fraction of sp³-hybridized carbons (Fsp3) is 0.667. The highest BCUT2D eigenvalue weighted by Gasteiger charge is 2.44. The highest BCUT2D eigenvalue weighted by molar-refractivity contribution is 5.20. The predicted molar refractivity (Wildman–Crippen MR) is 83.4 cm³/mol. The van der Waals surface area contributed by atoms with Crippen molar-refractivity contribution >= 4 is 0 Å². The maximum Gasteiger partial charge on any atom is 0.00228 e. The Balaban J connectivity index is 1.89. The lowest BCUT2D eigenvalue weighted by molar-refractivity contribution is 0.327. The van der Waals surface area contributed by atoms with Crippen LogP contribution >= 0.6 is 0 Å². The summed E-state index contributed by atoms with van der Waals surface area (Å²) in [4.78, 5) is 0. The van der Waals surface area contributed by atoms with Crippen molar-refractivity contribution in [3.05, 3.63) is 35.9 Å². The molecule has 0 heterocycles. The van der Waals surface area contributed by atoms with E-state index in [2.05, 4.69) is 63.3 Å². The van der Waals surface area contributed by atoms with Crippen molar-refractivity contribution in [2.45, 2.75) is 46.5 Å². The van der Waals surface area contributed by atoms with E-state index in [9.17, 15) is 0 Å². The van der Waals surface area contributed by atoms with Crippen LogP contribution < -0.4 is 5.32 Å². The molecule has 0 bridgehead atoms. The molecule has 1 N–H and O–H groups in total. The number of nitrogens with one attached hydrogen (secondary N) is 1. The minimum Gasteiger partial charge on any atom is -0.316 e. The van der Waals surface area contributed by atoms with E-state index in [0.29, 0.717) is 17.3 Å². The summed E-state index contributed by atoms with van der Waals surface area (Å²) in [6.45, 7) is 11.7. The number of hydrogen-bond acceptors (Lipinski definition) is 1. The summed E-state index contributed by atoms with van der Waals surface area (Å²) in [6, 6.07) is 10.9.